The number of benzene rings is 6. The molecule has 0 unspecified atom stereocenters. The molecule has 0 radical (unpaired) electrons. The summed E-state index contributed by atoms with van der Waals surface area (Å²) in [5.41, 5.74) is 10.8. The Hall–Kier alpha value is -4.86. The van der Waals surface area contributed by atoms with Crippen molar-refractivity contribution in [2.75, 3.05) is 0 Å². The third-order valence-corrected chi connectivity index (χ3v) is 12.0. The van der Waals surface area contributed by atoms with Crippen LogP contribution in [-0.4, -0.2) is 9.13 Å². The molecule has 208 valence electrons. The molecule has 1 saturated carbocycles. The molecule has 0 amide bonds. The Balaban J connectivity index is 1.28. The van der Waals surface area contributed by atoms with Crippen molar-refractivity contribution in [1.29, 1.82) is 0 Å². The Labute approximate surface area is 258 Å². The molecule has 6 aromatic carbocycles. The highest BCUT2D eigenvalue weighted by atomic mass is 32.1. The maximum absolute atomic E-state index is 2.54. The maximum Gasteiger partial charge on any atom is 0.0555 e. The second kappa shape index (κ2) is 8.19. The van der Waals surface area contributed by atoms with Gasteiger partial charge in [0.1, 0.15) is 0 Å². The molecule has 0 atom stereocenters. The van der Waals surface area contributed by atoms with Crippen molar-refractivity contribution < 1.29 is 0 Å². The van der Waals surface area contributed by atoms with E-state index < -0.39 is 0 Å². The first-order chi connectivity index (χ1) is 21.8. The number of nitrogens with zero attached hydrogens (tertiary/aromatic N) is 2. The van der Waals surface area contributed by atoms with E-state index in [-0.39, 0.29) is 5.41 Å². The van der Waals surface area contributed by atoms with E-state index in [4.69, 9.17) is 0 Å². The van der Waals surface area contributed by atoms with Crippen molar-refractivity contribution in [1.82, 2.24) is 9.13 Å². The molecule has 3 aromatic heterocycles. The molecular weight excluding hydrogens is 553 g/mol. The molecule has 3 heteroatoms. The second-order valence-electron chi connectivity index (χ2n) is 12.8. The molecular formula is C41H28N2S. The minimum absolute atomic E-state index is 0.175. The van der Waals surface area contributed by atoms with E-state index in [2.05, 4.69) is 130 Å². The number of hydrogen-bond acceptors (Lipinski definition) is 1. The highest BCUT2D eigenvalue weighted by Crippen LogP contribution is 2.58. The van der Waals surface area contributed by atoms with Gasteiger partial charge in [0.05, 0.1) is 22.1 Å². The molecule has 0 saturated heterocycles. The van der Waals surface area contributed by atoms with Gasteiger partial charge in [0.15, 0.2) is 0 Å². The van der Waals surface area contributed by atoms with Gasteiger partial charge in [-0.15, -0.1) is 11.3 Å². The molecule has 9 aromatic rings. The van der Waals surface area contributed by atoms with Crippen LogP contribution in [0.3, 0.4) is 0 Å². The summed E-state index contributed by atoms with van der Waals surface area (Å²) in [6.45, 7) is 0. The normalized spacial score (nSPS) is 15.5. The highest BCUT2D eigenvalue weighted by Gasteiger charge is 2.44. The number of para-hydroxylation sites is 2. The lowest BCUT2D eigenvalue weighted by molar-refractivity contribution is 0.552. The topological polar surface area (TPSA) is 9.86 Å². The molecule has 2 aliphatic rings. The molecule has 0 aliphatic heterocycles. The molecule has 2 nitrogen and oxygen atoms in total. The Morgan fingerprint density at radius 3 is 2.00 bits per heavy atom. The number of rotatable bonds is 2. The molecule has 1 fully saturated rings. The van der Waals surface area contributed by atoms with Crippen LogP contribution >= 0.6 is 11.3 Å². The van der Waals surface area contributed by atoms with E-state index in [1.165, 1.54) is 101 Å². The van der Waals surface area contributed by atoms with Crippen LogP contribution < -0.4 is 0 Å². The standard InChI is InChI=1S/C41H28N2S/c1-2-10-25(11-3-1)42-31-14-5-4-12-27(31)28-24-26(18-20-32(28)42)43-33-15-9-17-36-39(33)40-34(43)21-19-30-38(40)37-29(13-8-16-35(37)44-36)41(30)22-6-7-23-41/h1-5,8-21,24H,6-7,22-23H2. The molecule has 2 aliphatic carbocycles. The fourth-order valence-corrected chi connectivity index (χ4v) is 10.3. The average molecular weight is 581 g/mol. The minimum atomic E-state index is 0.175. The van der Waals surface area contributed by atoms with Gasteiger partial charge in [-0.05, 0) is 90.0 Å². The number of hydrogen-bond donors (Lipinski definition) is 0. The second-order valence-corrected chi connectivity index (χ2v) is 13.9. The van der Waals surface area contributed by atoms with Crippen LogP contribution in [0.15, 0.2) is 121 Å². The quantitative estimate of drug-likeness (QED) is 0.192. The van der Waals surface area contributed by atoms with Gasteiger partial charge < -0.3 is 9.13 Å². The van der Waals surface area contributed by atoms with E-state index in [1.54, 1.807) is 11.1 Å². The van der Waals surface area contributed by atoms with Gasteiger partial charge >= 0.3 is 0 Å². The third kappa shape index (κ3) is 2.74. The Morgan fingerprint density at radius 2 is 1.11 bits per heavy atom. The van der Waals surface area contributed by atoms with E-state index in [1.807, 2.05) is 11.3 Å². The fraction of sp³-hybridized carbons (Fsp3) is 0.122. The van der Waals surface area contributed by atoms with Crippen LogP contribution in [0.1, 0.15) is 36.8 Å². The summed E-state index contributed by atoms with van der Waals surface area (Å²) in [4.78, 5) is 0. The lowest BCUT2D eigenvalue weighted by Crippen LogP contribution is -2.20. The van der Waals surface area contributed by atoms with Gasteiger partial charge in [-0.25, -0.2) is 0 Å². The highest BCUT2D eigenvalue weighted by molar-refractivity contribution is 7.24. The molecule has 0 N–H and O–H groups in total. The minimum Gasteiger partial charge on any atom is -0.309 e. The lowest BCUT2D eigenvalue weighted by atomic mass is 9.76. The van der Waals surface area contributed by atoms with Crippen molar-refractivity contribution in [3.63, 3.8) is 0 Å². The van der Waals surface area contributed by atoms with Crippen molar-refractivity contribution in [3.05, 3.63) is 132 Å². The SMILES string of the molecule is c1ccc(-n2c3ccccc3c3cc(-n4c5cccc6sc7cccc8c7c7c(ccc4c7c65)C84CCCC4)ccc32)cc1. The third-order valence-electron chi connectivity index (χ3n) is 10.8. The zero-order valence-electron chi connectivity index (χ0n) is 24.2. The van der Waals surface area contributed by atoms with Crippen LogP contribution in [0, 0.1) is 0 Å². The van der Waals surface area contributed by atoms with E-state index in [0.717, 1.165) is 0 Å². The van der Waals surface area contributed by atoms with Crippen molar-refractivity contribution >= 4 is 75.1 Å². The first-order valence-corrected chi connectivity index (χ1v) is 16.6. The molecule has 0 bridgehead atoms. The lowest BCUT2D eigenvalue weighted by Gasteiger charge is -2.27. The summed E-state index contributed by atoms with van der Waals surface area (Å²) < 4.78 is 7.73. The van der Waals surface area contributed by atoms with Gasteiger partial charge in [0, 0.05) is 53.1 Å². The van der Waals surface area contributed by atoms with E-state index in [9.17, 15) is 0 Å². The van der Waals surface area contributed by atoms with E-state index >= 15 is 0 Å². The fourth-order valence-electron chi connectivity index (χ4n) is 9.15. The predicted octanol–water partition coefficient (Wildman–Crippen LogP) is 11.4. The Kier molecular flexibility index (Phi) is 4.39. The van der Waals surface area contributed by atoms with E-state index in [0.29, 0.717) is 0 Å². The van der Waals surface area contributed by atoms with Gasteiger partial charge in [0.2, 0.25) is 0 Å². The van der Waals surface area contributed by atoms with Gasteiger partial charge in [-0.2, -0.15) is 0 Å². The Bertz CT molecular complexity index is 2660. The maximum atomic E-state index is 2.54. The predicted molar refractivity (Wildman–Crippen MR) is 187 cm³/mol. The van der Waals surface area contributed by atoms with Crippen molar-refractivity contribution in [3.8, 4) is 11.4 Å². The molecule has 11 rings (SSSR count). The molecule has 3 heterocycles. The molecule has 1 spiro atoms. The first-order valence-electron chi connectivity index (χ1n) is 15.8. The Morgan fingerprint density at radius 1 is 0.455 bits per heavy atom. The summed E-state index contributed by atoms with van der Waals surface area (Å²) in [6, 6.07) is 45.6. The summed E-state index contributed by atoms with van der Waals surface area (Å²) in [7, 11) is 0. The van der Waals surface area contributed by atoms with Gasteiger partial charge in [-0.3, -0.25) is 0 Å². The van der Waals surface area contributed by atoms with Crippen LogP contribution in [0.25, 0.3) is 75.2 Å². The molecule has 44 heavy (non-hydrogen) atoms. The zero-order chi connectivity index (χ0) is 28.6. The smallest absolute Gasteiger partial charge is 0.0555 e. The summed E-state index contributed by atoms with van der Waals surface area (Å²) in [6.07, 6.45) is 5.16. The summed E-state index contributed by atoms with van der Waals surface area (Å²) in [5.74, 6) is 0. The largest absolute Gasteiger partial charge is 0.309 e. The van der Waals surface area contributed by atoms with Crippen molar-refractivity contribution in [2.45, 2.75) is 31.1 Å². The zero-order valence-corrected chi connectivity index (χ0v) is 25.0. The summed E-state index contributed by atoms with van der Waals surface area (Å²) >= 11 is 1.97. The average Bonchev–Trinajstić information content (AvgIpc) is 3.81. The van der Waals surface area contributed by atoms with Crippen LogP contribution in [0.4, 0.5) is 0 Å². The van der Waals surface area contributed by atoms with Gasteiger partial charge in [-0.1, -0.05) is 73.5 Å². The summed E-state index contributed by atoms with van der Waals surface area (Å²) in [5, 5.41) is 8.45. The van der Waals surface area contributed by atoms with Crippen LogP contribution in [-0.2, 0) is 5.41 Å². The van der Waals surface area contributed by atoms with Crippen LogP contribution in [0.5, 0.6) is 0 Å². The van der Waals surface area contributed by atoms with Crippen LogP contribution in [0.2, 0.25) is 0 Å². The number of fused-ring (bicyclic) bond motifs is 5. The van der Waals surface area contributed by atoms with Crippen molar-refractivity contribution in [2.24, 2.45) is 0 Å². The monoisotopic (exact) mass is 580 g/mol. The van der Waals surface area contributed by atoms with Gasteiger partial charge in [0.25, 0.3) is 0 Å². The first kappa shape index (κ1) is 23.6. The number of aromatic nitrogens is 2.